The quantitative estimate of drug-likeness (QED) is 0.783. The minimum Gasteiger partial charge on any atom is -0.346 e. The van der Waals surface area contributed by atoms with Crippen LogP contribution in [0.2, 0.25) is 0 Å². The summed E-state index contributed by atoms with van der Waals surface area (Å²) in [6.45, 7) is 1.98. The molecule has 0 aliphatic heterocycles. The third kappa shape index (κ3) is 3.64. The molecule has 1 aromatic heterocycles. The summed E-state index contributed by atoms with van der Waals surface area (Å²) in [5, 5.41) is 3.00. The van der Waals surface area contributed by atoms with E-state index in [4.69, 9.17) is 0 Å². The summed E-state index contributed by atoms with van der Waals surface area (Å²) in [7, 11) is 0. The highest BCUT2D eigenvalue weighted by atomic mass is 16.1. The van der Waals surface area contributed by atoms with Crippen LogP contribution in [0.5, 0.6) is 0 Å². The van der Waals surface area contributed by atoms with Gasteiger partial charge in [-0.15, -0.1) is 0 Å². The van der Waals surface area contributed by atoms with E-state index < -0.39 is 0 Å². The lowest BCUT2D eigenvalue weighted by Gasteiger charge is -2.15. The van der Waals surface area contributed by atoms with E-state index in [1.54, 1.807) is 24.5 Å². The number of hydrogen-bond acceptors (Lipinski definition) is 2. The van der Waals surface area contributed by atoms with E-state index in [1.165, 1.54) is 11.1 Å². The molecule has 114 valence electrons. The van der Waals surface area contributed by atoms with Crippen LogP contribution in [0.1, 0.15) is 28.9 Å². The number of carbonyl (C=O) groups excluding carboxylic acids is 1. The van der Waals surface area contributed by atoms with Crippen molar-refractivity contribution in [2.75, 3.05) is 0 Å². The van der Waals surface area contributed by atoms with E-state index >= 15 is 0 Å². The second kappa shape index (κ2) is 6.88. The Bertz CT molecular complexity index is 768. The van der Waals surface area contributed by atoms with Crippen molar-refractivity contribution in [3.63, 3.8) is 0 Å². The van der Waals surface area contributed by atoms with Gasteiger partial charge >= 0.3 is 0 Å². The molecule has 3 rings (SSSR count). The van der Waals surface area contributed by atoms with Crippen LogP contribution in [0.3, 0.4) is 0 Å². The first-order chi connectivity index (χ1) is 11.2. The highest BCUT2D eigenvalue weighted by Gasteiger charge is 2.11. The average molecular weight is 302 g/mol. The molecule has 0 bridgehead atoms. The topological polar surface area (TPSA) is 42.0 Å². The van der Waals surface area contributed by atoms with Gasteiger partial charge in [-0.25, -0.2) is 0 Å². The van der Waals surface area contributed by atoms with Crippen LogP contribution in [0.4, 0.5) is 0 Å². The summed E-state index contributed by atoms with van der Waals surface area (Å²) >= 11 is 0. The van der Waals surface area contributed by atoms with E-state index in [0.717, 1.165) is 5.56 Å². The Balaban J connectivity index is 1.71. The molecule has 1 amide bonds. The van der Waals surface area contributed by atoms with Crippen molar-refractivity contribution in [2.45, 2.75) is 13.0 Å². The molecular weight excluding hydrogens is 284 g/mol. The molecule has 0 aliphatic rings. The monoisotopic (exact) mass is 302 g/mol. The average Bonchev–Trinajstić information content (AvgIpc) is 2.63. The summed E-state index contributed by atoms with van der Waals surface area (Å²) in [5.41, 5.74) is 4.05. The fourth-order valence-corrected chi connectivity index (χ4v) is 2.46. The van der Waals surface area contributed by atoms with Gasteiger partial charge in [0.1, 0.15) is 0 Å². The maximum absolute atomic E-state index is 12.2. The van der Waals surface area contributed by atoms with E-state index in [9.17, 15) is 4.79 Å². The van der Waals surface area contributed by atoms with Gasteiger partial charge in [-0.05, 0) is 35.7 Å². The van der Waals surface area contributed by atoms with Gasteiger partial charge in [0.2, 0.25) is 0 Å². The van der Waals surface area contributed by atoms with Gasteiger partial charge < -0.3 is 5.32 Å². The number of pyridine rings is 1. The summed E-state index contributed by atoms with van der Waals surface area (Å²) in [4.78, 5) is 16.1. The van der Waals surface area contributed by atoms with Crippen molar-refractivity contribution in [3.8, 4) is 11.1 Å². The van der Waals surface area contributed by atoms with Crippen LogP contribution in [0, 0.1) is 0 Å². The summed E-state index contributed by atoms with van der Waals surface area (Å²) in [5.74, 6) is -0.0907. The second-order valence-corrected chi connectivity index (χ2v) is 5.42. The molecule has 1 N–H and O–H groups in total. The predicted molar refractivity (Wildman–Crippen MR) is 92.0 cm³/mol. The van der Waals surface area contributed by atoms with Gasteiger partial charge in [-0.2, -0.15) is 0 Å². The van der Waals surface area contributed by atoms with E-state index in [1.807, 2.05) is 25.1 Å². The maximum atomic E-state index is 12.2. The van der Waals surface area contributed by atoms with Gasteiger partial charge in [0, 0.05) is 18.0 Å². The molecular formula is C20H18N2O. The molecule has 1 heterocycles. The number of carbonyl (C=O) groups is 1. The number of amides is 1. The Labute approximate surface area is 136 Å². The van der Waals surface area contributed by atoms with Crippen molar-refractivity contribution in [2.24, 2.45) is 0 Å². The Morgan fingerprint density at radius 3 is 2.13 bits per heavy atom. The van der Waals surface area contributed by atoms with Gasteiger partial charge in [0.25, 0.3) is 5.91 Å². The van der Waals surface area contributed by atoms with E-state index in [2.05, 4.69) is 46.7 Å². The SMILES string of the molecule is C[C@H](NC(=O)c1ccncc1)c1ccc(-c2ccccc2)cc1. The van der Waals surface area contributed by atoms with Gasteiger partial charge in [0.05, 0.1) is 6.04 Å². The zero-order valence-electron chi connectivity index (χ0n) is 12.9. The Morgan fingerprint density at radius 2 is 1.48 bits per heavy atom. The van der Waals surface area contributed by atoms with Crippen molar-refractivity contribution >= 4 is 5.91 Å². The first kappa shape index (κ1) is 15.0. The minimum absolute atomic E-state index is 0.0551. The minimum atomic E-state index is -0.0907. The molecule has 0 saturated carbocycles. The molecule has 0 fully saturated rings. The van der Waals surface area contributed by atoms with Gasteiger partial charge in [0.15, 0.2) is 0 Å². The van der Waals surface area contributed by atoms with Crippen LogP contribution in [0.25, 0.3) is 11.1 Å². The van der Waals surface area contributed by atoms with Crippen LogP contribution >= 0.6 is 0 Å². The van der Waals surface area contributed by atoms with Crippen LogP contribution in [-0.4, -0.2) is 10.9 Å². The number of benzene rings is 2. The number of nitrogens with one attached hydrogen (secondary N) is 1. The van der Waals surface area contributed by atoms with Crippen molar-refractivity contribution in [3.05, 3.63) is 90.3 Å². The zero-order valence-corrected chi connectivity index (χ0v) is 12.9. The lowest BCUT2D eigenvalue weighted by molar-refractivity contribution is 0.0940. The number of hydrogen-bond donors (Lipinski definition) is 1. The van der Waals surface area contributed by atoms with Gasteiger partial charge in [-0.1, -0.05) is 54.6 Å². The maximum Gasteiger partial charge on any atom is 0.251 e. The lowest BCUT2D eigenvalue weighted by Crippen LogP contribution is -2.26. The van der Waals surface area contributed by atoms with Crippen molar-refractivity contribution in [1.82, 2.24) is 10.3 Å². The molecule has 3 nitrogen and oxygen atoms in total. The van der Waals surface area contributed by atoms with Crippen LogP contribution in [0.15, 0.2) is 79.1 Å². The van der Waals surface area contributed by atoms with Crippen molar-refractivity contribution < 1.29 is 4.79 Å². The Hall–Kier alpha value is -2.94. The molecule has 23 heavy (non-hydrogen) atoms. The fourth-order valence-electron chi connectivity index (χ4n) is 2.46. The molecule has 0 aliphatic carbocycles. The van der Waals surface area contributed by atoms with E-state index in [0.29, 0.717) is 5.56 Å². The van der Waals surface area contributed by atoms with Crippen LogP contribution in [-0.2, 0) is 0 Å². The first-order valence-corrected chi connectivity index (χ1v) is 7.60. The molecule has 0 saturated heterocycles. The van der Waals surface area contributed by atoms with E-state index in [-0.39, 0.29) is 11.9 Å². The molecule has 0 radical (unpaired) electrons. The zero-order chi connectivity index (χ0) is 16.1. The molecule has 3 aromatic rings. The molecule has 1 atom stereocenters. The molecule has 0 spiro atoms. The van der Waals surface area contributed by atoms with Gasteiger partial charge in [-0.3, -0.25) is 9.78 Å². The fraction of sp³-hybridized carbons (Fsp3) is 0.100. The van der Waals surface area contributed by atoms with Crippen molar-refractivity contribution in [1.29, 1.82) is 0 Å². The largest absolute Gasteiger partial charge is 0.346 e. The first-order valence-electron chi connectivity index (χ1n) is 7.60. The third-order valence-electron chi connectivity index (χ3n) is 3.81. The predicted octanol–water partition coefficient (Wildman–Crippen LogP) is 4.24. The second-order valence-electron chi connectivity index (χ2n) is 5.42. The summed E-state index contributed by atoms with van der Waals surface area (Å²) in [6.07, 6.45) is 3.24. The molecule has 3 heteroatoms. The summed E-state index contributed by atoms with van der Waals surface area (Å²) in [6, 6.07) is 21.9. The molecule has 2 aromatic carbocycles. The van der Waals surface area contributed by atoms with Crippen LogP contribution < -0.4 is 5.32 Å². The summed E-state index contributed by atoms with van der Waals surface area (Å²) < 4.78 is 0. The number of rotatable bonds is 4. The number of nitrogens with zero attached hydrogens (tertiary/aromatic N) is 1. The normalized spacial score (nSPS) is 11.7. The lowest BCUT2D eigenvalue weighted by atomic mass is 10.0. The standard InChI is InChI=1S/C20H18N2O/c1-15(22-20(23)19-11-13-21-14-12-19)16-7-9-18(10-8-16)17-5-3-2-4-6-17/h2-15H,1H3,(H,22,23)/t15-/m0/s1. The highest BCUT2D eigenvalue weighted by Crippen LogP contribution is 2.21. The highest BCUT2D eigenvalue weighted by molar-refractivity contribution is 5.94. The third-order valence-corrected chi connectivity index (χ3v) is 3.81. The molecule has 0 unspecified atom stereocenters. The Morgan fingerprint density at radius 1 is 0.870 bits per heavy atom. The smallest absolute Gasteiger partial charge is 0.251 e. The Kier molecular flexibility index (Phi) is 4.48. The number of aromatic nitrogens is 1.